The van der Waals surface area contributed by atoms with E-state index in [4.69, 9.17) is 14.2 Å². The maximum Gasteiger partial charge on any atom is 0.240 e. The summed E-state index contributed by atoms with van der Waals surface area (Å²) in [6.07, 6.45) is 0.674. The van der Waals surface area contributed by atoms with Gasteiger partial charge in [-0.1, -0.05) is 30.3 Å². The SMILES string of the molecule is O=C(CCNS(=O)(=O)c1ccc2c(c1)OCCCO2)Nc1ccccc1Oc1ccccc1. The molecule has 8 nitrogen and oxygen atoms in total. The molecule has 2 N–H and O–H groups in total. The second-order valence-electron chi connectivity index (χ2n) is 7.27. The first-order valence-electron chi connectivity index (χ1n) is 10.5. The number of hydrogen-bond acceptors (Lipinski definition) is 6. The molecule has 3 aromatic carbocycles. The first-order valence-corrected chi connectivity index (χ1v) is 12.0. The number of amides is 1. The van der Waals surface area contributed by atoms with Crippen molar-refractivity contribution in [2.45, 2.75) is 17.7 Å². The molecule has 0 spiro atoms. The predicted octanol–water partition coefficient (Wildman–Crippen LogP) is 3.95. The molecule has 172 valence electrons. The van der Waals surface area contributed by atoms with Crippen molar-refractivity contribution in [3.05, 3.63) is 72.8 Å². The lowest BCUT2D eigenvalue weighted by atomic mass is 10.2. The lowest BCUT2D eigenvalue weighted by Crippen LogP contribution is -2.28. The molecule has 0 radical (unpaired) electrons. The van der Waals surface area contributed by atoms with Gasteiger partial charge in [0.1, 0.15) is 5.75 Å². The van der Waals surface area contributed by atoms with Gasteiger partial charge >= 0.3 is 0 Å². The van der Waals surface area contributed by atoms with E-state index in [1.165, 1.54) is 12.1 Å². The van der Waals surface area contributed by atoms with Crippen LogP contribution in [0.2, 0.25) is 0 Å². The summed E-state index contributed by atoms with van der Waals surface area (Å²) in [5, 5.41) is 2.77. The molecule has 1 aliphatic heterocycles. The quantitative estimate of drug-likeness (QED) is 0.519. The van der Waals surface area contributed by atoms with Crippen molar-refractivity contribution in [1.82, 2.24) is 4.72 Å². The highest BCUT2D eigenvalue weighted by molar-refractivity contribution is 7.89. The minimum absolute atomic E-state index is 0.0498. The molecule has 1 heterocycles. The largest absolute Gasteiger partial charge is 0.490 e. The Morgan fingerprint density at radius 2 is 1.64 bits per heavy atom. The summed E-state index contributed by atoms with van der Waals surface area (Å²) in [6.45, 7) is 0.913. The molecule has 9 heteroatoms. The zero-order chi connectivity index (χ0) is 23.1. The zero-order valence-corrected chi connectivity index (χ0v) is 18.6. The number of ether oxygens (including phenoxy) is 3. The summed E-state index contributed by atoms with van der Waals surface area (Å²) in [4.78, 5) is 12.5. The number of benzene rings is 3. The highest BCUT2D eigenvalue weighted by atomic mass is 32.2. The van der Waals surface area contributed by atoms with Crippen LogP contribution < -0.4 is 24.2 Å². The van der Waals surface area contributed by atoms with Gasteiger partial charge in [0.05, 0.1) is 23.8 Å². The first kappa shape index (κ1) is 22.6. The van der Waals surface area contributed by atoms with Crippen LogP contribution >= 0.6 is 0 Å². The molecule has 0 aromatic heterocycles. The van der Waals surface area contributed by atoms with Crippen molar-refractivity contribution in [1.29, 1.82) is 0 Å². The first-order chi connectivity index (χ1) is 16.0. The second kappa shape index (κ2) is 10.4. The number of rotatable bonds is 8. The monoisotopic (exact) mass is 468 g/mol. The Labute approximate surface area is 192 Å². The molecule has 1 amide bonds. The molecule has 0 fully saturated rings. The third-order valence-corrected chi connectivity index (χ3v) is 6.26. The van der Waals surface area contributed by atoms with Gasteiger partial charge in [-0.2, -0.15) is 0 Å². The Hall–Kier alpha value is -3.56. The third kappa shape index (κ3) is 6.03. The maximum absolute atomic E-state index is 12.6. The topological polar surface area (TPSA) is 103 Å². The lowest BCUT2D eigenvalue weighted by Gasteiger charge is -2.13. The molecule has 3 aromatic rings. The van der Waals surface area contributed by atoms with Crippen molar-refractivity contribution in [2.24, 2.45) is 0 Å². The Kier molecular flexibility index (Phi) is 7.11. The van der Waals surface area contributed by atoms with Gasteiger partial charge in [-0.3, -0.25) is 4.79 Å². The average Bonchev–Trinajstić information content (AvgIpc) is 3.06. The molecule has 0 saturated heterocycles. The summed E-state index contributed by atoms with van der Waals surface area (Å²) in [5.74, 6) is 1.69. The summed E-state index contributed by atoms with van der Waals surface area (Å²) < 4.78 is 44.7. The van der Waals surface area contributed by atoms with E-state index >= 15 is 0 Å². The zero-order valence-electron chi connectivity index (χ0n) is 17.8. The summed E-state index contributed by atoms with van der Waals surface area (Å²) in [5.41, 5.74) is 0.497. The maximum atomic E-state index is 12.6. The van der Waals surface area contributed by atoms with Crippen LogP contribution in [0.1, 0.15) is 12.8 Å². The number of carbonyl (C=O) groups is 1. The van der Waals surface area contributed by atoms with Crippen LogP contribution in [-0.2, 0) is 14.8 Å². The van der Waals surface area contributed by atoms with Gasteiger partial charge in [0.15, 0.2) is 17.2 Å². The highest BCUT2D eigenvalue weighted by Crippen LogP contribution is 2.32. The molecule has 0 aliphatic carbocycles. The van der Waals surface area contributed by atoms with Gasteiger partial charge in [-0.15, -0.1) is 0 Å². The average molecular weight is 469 g/mol. The second-order valence-corrected chi connectivity index (χ2v) is 9.03. The number of nitrogens with one attached hydrogen (secondary N) is 2. The number of para-hydroxylation sites is 3. The fourth-order valence-electron chi connectivity index (χ4n) is 3.18. The predicted molar refractivity (Wildman–Crippen MR) is 123 cm³/mol. The Morgan fingerprint density at radius 3 is 2.45 bits per heavy atom. The smallest absolute Gasteiger partial charge is 0.240 e. The molecule has 1 aliphatic rings. The minimum atomic E-state index is -3.81. The van der Waals surface area contributed by atoms with E-state index in [1.54, 1.807) is 30.3 Å². The number of carbonyl (C=O) groups excluding carboxylic acids is 1. The number of anilines is 1. The molecule has 0 saturated carbocycles. The lowest BCUT2D eigenvalue weighted by molar-refractivity contribution is -0.116. The minimum Gasteiger partial charge on any atom is -0.490 e. The van der Waals surface area contributed by atoms with E-state index in [0.717, 1.165) is 6.42 Å². The van der Waals surface area contributed by atoms with Crippen LogP contribution in [0, 0.1) is 0 Å². The fraction of sp³-hybridized carbons (Fsp3) is 0.208. The van der Waals surface area contributed by atoms with Crippen LogP contribution in [0.25, 0.3) is 0 Å². The summed E-state index contributed by atoms with van der Waals surface area (Å²) >= 11 is 0. The van der Waals surface area contributed by atoms with Gasteiger partial charge in [-0.05, 0) is 36.4 Å². The van der Waals surface area contributed by atoms with Crippen LogP contribution in [0.5, 0.6) is 23.0 Å². The van der Waals surface area contributed by atoms with E-state index in [1.807, 2.05) is 30.3 Å². The Balaban J connectivity index is 1.34. The van der Waals surface area contributed by atoms with Crippen LogP contribution in [0.3, 0.4) is 0 Å². The molecule has 4 rings (SSSR count). The van der Waals surface area contributed by atoms with E-state index in [2.05, 4.69) is 10.0 Å². The summed E-state index contributed by atoms with van der Waals surface area (Å²) in [7, 11) is -3.81. The van der Waals surface area contributed by atoms with Crippen molar-refractivity contribution >= 4 is 21.6 Å². The molecule has 0 bridgehead atoms. The van der Waals surface area contributed by atoms with Crippen molar-refractivity contribution in [2.75, 3.05) is 25.1 Å². The van der Waals surface area contributed by atoms with E-state index < -0.39 is 10.0 Å². The van der Waals surface area contributed by atoms with Gasteiger partial charge < -0.3 is 19.5 Å². The van der Waals surface area contributed by atoms with Crippen LogP contribution in [0.4, 0.5) is 5.69 Å². The molecular formula is C24H24N2O6S. The normalized spacial score (nSPS) is 13.1. The number of sulfonamides is 1. The van der Waals surface area contributed by atoms with E-state index in [0.29, 0.717) is 41.9 Å². The number of hydrogen-bond donors (Lipinski definition) is 2. The highest BCUT2D eigenvalue weighted by Gasteiger charge is 2.19. The van der Waals surface area contributed by atoms with Gasteiger partial charge in [-0.25, -0.2) is 13.1 Å². The van der Waals surface area contributed by atoms with Crippen LogP contribution in [-0.4, -0.2) is 34.1 Å². The number of fused-ring (bicyclic) bond motifs is 1. The molecule has 0 atom stereocenters. The molecule has 33 heavy (non-hydrogen) atoms. The van der Waals surface area contributed by atoms with Gasteiger partial charge in [0.25, 0.3) is 0 Å². The Morgan fingerprint density at radius 1 is 0.909 bits per heavy atom. The standard InChI is InChI=1S/C24H24N2O6S/c27-24(26-20-9-4-5-10-21(20)32-18-7-2-1-3-8-18)13-14-25-33(28,29)19-11-12-22-23(17-19)31-16-6-15-30-22/h1-5,7-12,17,25H,6,13-16H2,(H,26,27). The molecular weight excluding hydrogens is 444 g/mol. The summed E-state index contributed by atoms with van der Waals surface area (Å²) in [6, 6.07) is 20.7. The van der Waals surface area contributed by atoms with Gasteiger partial charge in [0.2, 0.25) is 15.9 Å². The third-order valence-electron chi connectivity index (χ3n) is 4.81. The Bertz CT molecular complexity index is 1210. The van der Waals surface area contributed by atoms with Gasteiger partial charge in [0, 0.05) is 25.5 Å². The fourth-order valence-corrected chi connectivity index (χ4v) is 4.23. The van der Waals surface area contributed by atoms with Crippen molar-refractivity contribution in [3.8, 4) is 23.0 Å². The van der Waals surface area contributed by atoms with E-state index in [-0.39, 0.29) is 23.8 Å². The van der Waals surface area contributed by atoms with Crippen LogP contribution in [0.15, 0.2) is 77.7 Å². The van der Waals surface area contributed by atoms with E-state index in [9.17, 15) is 13.2 Å². The molecule has 0 unspecified atom stereocenters. The van der Waals surface area contributed by atoms with Crippen molar-refractivity contribution < 1.29 is 27.4 Å². The van der Waals surface area contributed by atoms with Crippen molar-refractivity contribution in [3.63, 3.8) is 0 Å².